The van der Waals surface area contributed by atoms with E-state index < -0.39 is 0 Å². The molecule has 2 rings (SSSR count). The number of fused-ring (bicyclic) bond motifs is 1. The lowest BCUT2D eigenvalue weighted by Gasteiger charge is -2.17. The minimum Gasteiger partial charge on any atom is -0.396 e. The van der Waals surface area contributed by atoms with Crippen LogP contribution in [-0.2, 0) is 6.42 Å². The number of aliphatic hydroxyl groups is 1. The molecule has 0 fully saturated rings. The summed E-state index contributed by atoms with van der Waals surface area (Å²) in [6, 6.07) is 8.62. The zero-order valence-electron chi connectivity index (χ0n) is 8.03. The summed E-state index contributed by atoms with van der Waals surface area (Å²) in [6.45, 7) is 2.44. The van der Waals surface area contributed by atoms with E-state index in [1.807, 2.05) is 0 Å². The smallest absolute Gasteiger partial charge is 0.0462 e. The first-order chi connectivity index (χ1) is 6.33. The van der Waals surface area contributed by atoms with Crippen molar-refractivity contribution in [3.8, 4) is 0 Å². The Morgan fingerprint density at radius 2 is 2.23 bits per heavy atom. The van der Waals surface area contributed by atoms with Gasteiger partial charge in [-0.25, -0.2) is 0 Å². The van der Waals surface area contributed by atoms with Gasteiger partial charge < -0.3 is 5.11 Å². The molecule has 0 aliphatic heterocycles. The van der Waals surface area contributed by atoms with Gasteiger partial charge in [-0.3, -0.25) is 0 Å². The van der Waals surface area contributed by atoms with Gasteiger partial charge in [0.25, 0.3) is 0 Å². The summed E-state index contributed by atoms with van der Waals surface area (Å²) in [7, 11) is 0. The van der Waals surface area contributed by atoms with E-state index in [9.17, 15) is 0 Å². The van der Waals surface area contributed by atoms with Gasteiger partial charge in [0.1, 0.15) is 0 Å². The van der Waals surface area contributed by atoms with Crippen molar-refractivity contribution in [1.82, 2.24) is 0 Å². The number of rotatable bonds is 2. The molecule has 2 atom stereocenters. The summed E-state index contributed by atoms with van der Waals surface area (Å²) in [4.78, 5) is 0. The lowest BCUT2D eigenvalue weighted by molar-refractivity contribution is 0.215. The van der Waals surface area contributed by atoms with Crippen molar-refractivity contribution < 1.29 is 5.11 Å². The SMILES string of the molecule is C[C@H](CO)C1CCc2ccccc21. The molecule has 1 N–H and O–H groups in total. The maximum absolute atomic E-state index is 9.12. The van der Waals surface area contributed by atoms with Crippen LogP contribution in [0.4, 0.5) is 0 Å². The van der Waals surface area contributed by atoms with Gasteiger partial charge in [0.05, 0.1) is 0 Å². The third kappa shape index (κ3) is 1.49. The van der Waals surface area contributed by atoms with Crippen molar-refractivity contribution in [2.45, 2.75) is 25.7 Å². The minimum atomic E-state index is 0.305. The fourth-order valence-corrected chi connectivity index (χ4v) is 2.31. The Bertz CT molecular complexity index is 293. The van der Waals surface area contributed by atoms with Gasteiger partial charge >= 0.3 is 0 Å². The van der Waals surface area contributed by atoms with Crippen LogP contribution in [0.1, 0.15) is 30.4 Å². The molecule has 0 radical (unpaired) electrons. The highest BCUT2D eigenvalue weighted by molar-refractivity contribution is 5.35. The average molecular weight is 176 g/mol. The summed E-state index contributed by atoms with van der Waals surface area (Å²) < 4.78 is 0. The maximum Gasteiger partial charge on any atom is 0.0462 e. The van der Waals surface area contributed by atoms with Gasteiger partial charge in [0, 0.05) is 6.61 Å². The second-order valence-electron chi connectivity index (χ2n) is 4.00. The molecule has 0 aromatic heterocycles. The highest BCUT2D eigenvalue weighted by atomic mass is 16.3. The van der Waals surface area contributed by atoms with Crippen molar-refractivity contribution in [2.24, 2.45) is 5.92 Å². The molecule has 1 aliphatic rings. The van der Waals surface area contributed by atoms with Gasteiger partial charge in [0.2, 0.25) is 0 Å². The maximum atomic E-state index is 9.12. The van der Waals surface area contributed by atoms with E-state index in [-0.39, 0.29) is 0 Å². The fourth-order valence-electron chi connectivity index (χ4n) is 2.31. The molecule has 1 heteroatoms. The third-order valence-corrected chi connectivity index (χ3v) is 3.15. The molecule has 13 heavy (non-hydrogen) atoms. The van der Waals surface area contributed by atoms with Crippen LogP contribution in [0.2, 0.25) is 0 Å². The monoisotopic (exact) mass is 176 g/mol. The Hall–Kier alpha value is -0.820. The predicted octanol–water partition coefficient (Wildman–Crippen LogP) is 2.34. The highest BCUT2D eigenvalue weighted by Crippen LogP contribution is 2.37. The molecule has 0 bridgehead atoms. The van der Waals surface area contributed by atoms with E-state index >= 15 is 0 Å². The normalized spacial score (nSPS) is 22.8. The van der Waals surface area contributed by atoms with Crippen LogP contribution in [0, 0.1) is 5.92 Å². The van der Waals surface area contributed by atoms with E-state index in [4.69, 9.17) is 5.11 Å². The highest BCUT2D eigenvalue weighted by Gasteiger charge is 2.25. The molecule has 1 aromatic rings. The van der Waals surface area contributed by atoms with Gasteiger partial charge in [-0.2, -0.15) is 0 Å². The summed E-state index contributed by atoms with van der Waals surface area (Å²) in [5, 5.41) is 9.12. The van der Waals surface area contributed by atoms with E-state index in [1.54, 1.807) is 0 Å². The molecule has 0 saturated carbocycles. The van der Waals surface area contributed by atoms with Crippen molar-refractivity contribution in [3.63, 3.8) is 0 Å². The first-order valence-electron chi connectivity index (χ1n) is 5.01. The molecule has 1 nitrogen and oxygen atoms in total. The van der Waals surface area contributed by atoms with E-state index in [2.05, 4.69) is 31.2 Å². The fraction of sp³-hybridized carbons (Fsp3) is 0.500. The van der Waals surface area contributed by atoms with Crippen LogP contribution in [-0.4, -0.2) is 11.7 Å². The van der Waals surface area contributed by atoms with Crippen molar-refractivity contribution >= 4 is 0 Å². The number of benzene rings is 1. The topological polar surface area (TPSA) is 20.2 Å². The van der Waals surface area contributed by atoms with Crippen molar-refractivity contribution in [2.75, 3.05) is 6.61 Å². The summed E-state index contributed by atoms with van der Waals surface area (Å²) in [5.41, 5.74) is 2.94. The molecule has 1 unspecified atom stereocenters. The van der Waals surface area contributed by atoms with Crippen LogP contribution in [0.25, 0.3) is 0 Å². The van der Waals surface area contributed by atoms with Crippen LogP contribution in [0.3, 0.4) is 0 Å². The van der Waals surface area contributed by atoms with E-state index in [0.717, 1.165) is 0 Å². The van der Waals surface area contributed by atoms with Crippen LogP contribution in [0.5, 0.6) is 0 Å². The van der Waals surface area contributed by atoms with E-state index in [0.29, 0.717) is 18.4 Å². The number of aryl methyl sites for hydroxylation is 1. The Labute approximate surface area is 79.4 Å². The Morgan fingerprint density at radius 3 is 3.00 bits per heavy atom. The number of aliphatic hydroxyl groups excluding tert-OH is 1. The zero-order chi connectivity index (χ0) is 9.26. The van der Waals surface area contributed by atoms with Crippen molar-refractivity contribution in [1.29, 1.82) is 0 Å². The Kier molecular flexibility index (Phi) is 2.36. The quantitative estimate of drug-likeness (QED) is 0.733. The summed E-state index contributed by atoms with van der Waals surface area (Å²) in [5.74, 6) is 0.991. The first-order valence-corrected chi connectivity index (χ1v) is 5.01. The molecule has 70 valence electrons. The molecular formula is C12H16O. The number of hydrogen-bond acceptors (Lipinski definition) is 1. The largest absolute Gasteiger partial charge is 0.396 e. The standard InChI is InChI=1S/C12H16O/c1-9(8-13)11-7-6-10-4-2-3-5-12(10)11/h2-5,9,11,13H,6-8H2,1H3/t9-,11?/m1/s1. The molecular weight excluding hydrogens is 160 g/mol. The third-order valence-electron chi connectivity index (χ3n) is 3.15. The Morgan fingerprint density at radius 1 is 1.46 bits per heavy atom. The first kappa shape index (κ1) is 8.76. The predicted molar refractivity (Wildman–Crippen MR) is 53.8 cm³/mol. The molecule has 1 aliphatic carbocycles. The Balaban J connectivity index is 2.28. The summed E-state index contributed by atoms with van der Waals surface area (Å²) in [6.07, 6.45) is 2.40. The molecule has 0 amide bonds. The zero-order valence-corrected chi connectivity index (χ0v) is 8.03. The van der Waals surface area contributed by atoms with Gasteiger partial charge in [-0.05, 0) is 35.8 Å². The molecule has 0 spiro atoms. The van der Waals surface area contributed by atoms with Crippen LogP contribution >= 0.6 is 0 Å². The van der Waals surface area contributed by atoms with Gasteiger partial charge in [0.15, 0.2) is 0 Å². The summed E-state index contributed by atoms with van der Waals surface area (Å²) >= 11 is 0. The van der Waals surface area contributed by atoms with Crippen LogP contribution < -0.4 is 0 Å². The second kappa shape index (κ2) is 3.51. The lowest BCUT2D eigenvalue weighted by atomic mass is 9.89. The van der Waals surface area contributed by atoms with Gasteiger partial charge in [-0.15, -0.1) is 0 Å². The number of hydrogen-bond donors (Lipinski definition) is 1. The second-order valence-corrected chi connectivity index (χ2v) is 4.00. The van der Waals surface area contributed by atoms with Crippen molar-refractivity contribution in [3.05, 3.63) is 35.4 Å². The lowest BCUT2D eigenvalue weighted by Crippen LogP contribution is -2.10. The minimum absolute atomic E-state index is 0.305. The molecule has 1 aromatic carbocycles. The molecule has 0 heterocycles. The van der Waals surface area contributed by atoms with Gasteiger partial charge in [-0.1, -0.05) is 31.2 Å². The average Bonchev–Trinajstić information content (AvgIpc) is 2.60. The van der Waals surface area contributed by atoms with E-state index in [1.165, 1.54) is 24.0 Å². The molecule has 0 saturated heterocycles. The van der Waals surface area contributed by atoms with Crippen LogP contribution in [0.15, 0.2) is 24.3 Å².